The fourth-order valence-corrected chi connectivity index (χ4v) is 1.63. The van der Waals surface area contributed by atoms with Crippen molar-refractivity contribution in [3.63, 3.8) is 0 Å². The molecule has 0 bridgehead atoms. The summed E-state index contributed by atoms with van der Waals surface area (Å²) in [4.78, 5) is 0. The highest BCUT2D eigenvalue weighted by molar-refractivity contribution is 5.34. The van der Waals surface area contributed by atoms with Crippen molar-refractivity contribution in [1.29, 1.82) is 0 Å². The third-order valence-corrected chi connectivity index (χ3v) is 2.79. The van der Waals surface area contributed by atoms with E-state index in [1.165, 1.54) is 12.1 Å². The third-order valence-electron chi connectivity index (χ3n) is 2.79. The number of ether oxygens (including phenoxy) is 1. The van der Waals surface area contributed by atoms with Crippen LogP contribution in [0.4, 0.5) is 4.39 Å². The number of hydrogen-bond donors (Lipinski definition) is 2. The smallest absolute Gasteiger partial charge is 0.124 e. The minimum atomic E-state index is -0.485. The molecule has 0 aromatic heterocycles. The van der Waals surface area contributed by atoms with Crippen molar-refractivity contribution < 1.29 is 14.2 Å². The van der Waals surface area contributed by atoms with Crippen molar-refractivity contribution in [2.45, 2.75) is 39.8 Å². The third kappa shape index (κ3) is 6.03. The van der Waals surface area contributed by atoms with Crippen LogP contribution >= 0.6 is 0 Å². The molecule has 1 aromatic rings. The van der Waals surface area contributed by atoms with Crippen molar-refractivity contribution in [2.75, 3.05) is 13.2 Å². The number of benzene rings is 1. The molecule has 0 heterocycles. The first kappa shape index (κ1) is 15.9. The van der Waals surface area contributed by atoms with E-state index in [9.17, 15) is 9.50 Å². The van der Waals surface area contributed by atoms with Crippen LogP contribution < -0.4 is 10.1 Å². The van der Waals surface area contributed by atoms with E-state index in [1.807, 2.05) is 6.92 Å². The average Bonchev–Trinajstić information content (AvgIpc) is 2.37. The number of aliphatic hydroxyl groups excluding tert-OH is 1. The van der Waals surface area contributed by atoms with Gasteiger partial charge in [0.2, 0.25) is 0 Å². The van der Waals surface area contributed by atoms with Crippen molar-refractivity contribution in [1.82, 2.24) is 5.32 Å². The van der Waals surface area contributed by atoms with Crippen LogP contribution in [0.3, 0.4) is 0 Å². The monoisotopic (exact) mass is 269 g/mol. The van der Waals surface area contributed by atoms with E-state index in [2.05, 4.69) is 19.2 Å². The van der Waals surface area contributed by atoms with Crippen molar-refractivity contribution >= 4 is 0 Å². The summed E-state index contributed by atoms with van der Waals surface area (Å²) in [6.07, 6.45) is 0.156. The van der Waals surface area contributed by atoms with E-state index in [1.54, 1.807) is 6.07 Å². The fraction of sp³-hybridized carbons (Fsp3) is 0.600. The van der Waals surface area contributed by atoms with Gasteiger partial charge in [-0.3, -0.25) is 0 Å². The van der Waals surface area contributed by atoms with Crippen molar-refractivity contribution in [3.8, 4) is 5.75 Å². The van der Waals surface area contributed by atoms with Crippen LogP contribution in [0.25, 0.3) is 0 Å². The lowest BCUT2D eigenvalue weighted by Crippen LogP contribution is -2.21. The SMILES string of the molecule is CCC(O)COc1ccc(F)cc1CNCC(C)C. The molecule has 0 amide bonds. The normalized spacial score (nSPS) is 12.7. The van der Waals surface area contributed by atoms with Gasteiger partial charge in [-0.2, -0.15) is 0 Å². The summed E-state index contributed by atoms with van der Waals surface area (Å²) in [6.45, 7) is 7.80. The molecule has 0 aliphatic rings. The molecule has 4 heteroatoms. The summed E-state index contributed by atoms with van der Waals surface area (Å²) in [5, 5.41) is 12.8. The highest BCUT2D eigenvalue weighted by Gasteiger charge is 2.08. The van der Waals surface area contributed by atoms with Crippen LogP contribution in [-0.2, 0) is 6.54 Å². The molecule has 2 N–H and O–H groups in total. The van der Waals surface area contributed by atoms with Crippen LogP contribution in [-0.4, -0.2) is 24.4 Å². The second-order valence-corrected chi connectivity index (χ2v) is 5.15. The number of hydrogen-bond acceptors (Lipinski definition) is 3. The minimum absolute atomic E-state index is 0.235. The minimum Gasteiger partial charge on any atom is -0.491 e. The van der Waals surface area contributed by atoms with Gasteiger partial charge in [0.1, 0.15) is 18.2 Å². The molecule has 108 valence electrons. The molecule has 1 unspecified atom stereocenters. The molecule has 1 rings (SSSR count). The zero-order chi connectivity index (χ0) is 14.3. The molecular formula is C15H24FNO2. The summed E-state index contributed by atoms with van der Waals surface area (Å²) >= 11 is 0. The lowest BCUT2D eigenvalue weighted by Gasteiger charge is -2.15. The van der Waals surface area contributed by atoms with Gasteiger partial charge in [0, 0.05) is 12.1 Å². The molecule has 0 spiro atoms. The van der Waals surface area contributed by atoms with Gasteiger partial charge >= 0.3 is 0 Å². The first-order chi connectivity index (χ1) is 9.02. The van der Waals surface area contributed by atoms with E-state index in [-0.39, 0.29) is 12.4 Å². The second-order valence-electron chi connectivity index (χ2n) is 5.15. The zero-order valence-corrected chi connectivity index (χ0v) is 11.9. The Morgan fingerprint density at radius 1 is 1.37 bits per heavy atom. The highest BCUT2D eigenvalue weighted by atomic mass is 19.1. The molecular weight excluding hydrogens is 245 g/mol. The largest absolute Gasteiger partial charge is 0.491 e. The molecule has 0 saturated heterocycles. The van der Waals surface area contributed by atoms with Gasteiger partial charge in [0.15, 0.2) is 0 Å². The van der Waals surface area contributed by atoms with Crippen molar-refractivity contribution in [2.24, 2.45) is 5.92 Å². The van der Waals surface area contributed by atoms with E-state index in [0.29, 0.717) is 24.6 Å². The Kier molecular flexibility index (Phi) is 6.81. The standard InChI is InChI=1S/C15H24FNO2/c1-4-14(18)10-19-15-6-5-13(16)7-12(15)9-17-8-11(2)3/h5-7,11,14,17-18H,4,8-10H2,1-3H3. The van der Waals surface area contributed by atoms with Gasteiger partial charge < -0.3 is 15.2 Å². The molecule has 3 nitrogen and oxygen atoms in total. The maximum Gasteiger partial charge on any atom is 0.124 e. The summed E-state index contributed by atoms with van der Waals surface area (Å²) in [5.41, 5.74) is 0.781. The molecule has 1 atom stereocenters. The molecule has 0 radical (unpaired) electrons. The van der Waals surface area contributed by atoms with E-state index < -0.39 is 6.10 Å². The number of nitrogens with one attached hydrogen (secondary N) is 1. The van der Waals surface area contributed by atoms with Gasteiger partial charge in [0.25, 0.3) is 0 Å². The van der Waals surface area contributed by atoms with Gasteiger partial charge in [-0.05, 0) is 37.1 Å². The predicted octanol–water partition coefficient (Wildman–Crippen LogP) is 2.72. The first-order valence-electron chi connectivity index (χ1n) is 6.83. The van der Waals surface area contributed by atoms with E-state index in [4.69, 9.17) is 4.74 Å². The Morgan fingerprint density at radius 3 is 2.74 bits per heavy atom. The Hall–Kier alpha value is -1.13. The molecule has 0 fully saturated rings. The van der Waals surface area contributed by atoms with E-state index >= 15 is 0 Å². The Morgan fingerprint density at radius 2 is 2.11 bits per heavy atom. The number of rotatable bonds is 8. The highest BCUT2D eigenvalue weighted by Crippen LogP contribution is 2.20. The Labute approximate surface area is 114 Å². The Balaban J connectivity index is 2.63. The second kappa shape index (κ2) is 8.12. The lowest BCUT2D eigenvalue weighted by atomic mass is 10.1. The van der Waals surface area contributed by atoms with Crippen LogP contribution in [0.1, 0.15) is 32.8 Å². The van der Waals surface area contributed by atoms with E-state index in [0.717, 1.165) is 12.1 Å². The maximum atomic E-state index is 13.3. The lowest BCUT2D eigenvalue weighted by molar-refractivity contribution is 0.104. The predicted molar refractivity (Wildman–Crippen MR) is 74.7 cm³/mol. The summed E-state index contributed by atoms with van der Waals surface area (Å²) < 4.78 is 18.8. The summed E-state index contributed by atoms with van der Waals surface area (Å²) in [6, 6.07) is 4.46. The number of aliphatic hydroxyl groups is 1. The van der Waals surface area contributed by atoms with Crippen LogP contribution in [0, 0.1) is 11.7 Å². The average molecular weight is 269 g/mol. The van der Waals surface area contributed by atoms with Gasteiger partial charge in [-0.15, -0.1) is 0 Å². The van der Waals surface area contributed by atoms with Crippen LogP contribution in [0.5, 0.6) is 5.75 Å². The molecule has 1 aromatic carbocycles. The van der Waals surface area contributed by atoms with Gasteiger partial charge in [-0.25, -0.2) is 4.39 Å². The quantitative estimate of drug-likeness (QED) is 0.762. The first-order valence-corrected chi connectivity index (χ1v) is 6.83. The number of halogens is 1. The van der Waals surface area contributed by atoms with Gasteiger partial charge in [-0.1, -0.05) is 20.8 Å². The zero-order valence-electron chi connectivity index (χ0n) is 11.9. The molecule has 19 heavy (non-hydrogen) atoms. The maximum absolute atomic E-state index is 13.3. The van der Waals surface area contributed by atoms with Crippen molar-refractivity contribution in [3.05, 3.63) is 29.6 Å². The summed E-state index contributed by atoms with van der Waals surface area (Å²) in [5.74, 6) is 0.898. The topological polar surface area (TPSA) is 41.5 Å². The van der Waals surface area contributed by atoms with Crippen LogP contribution in [0.15, 0.2) is 18.2 Å². The molecule has 0 aliphatic heterocycles. The molecule has 0 aliphatic carbocycles. The van der Waals surface area contributed by atoms with Crippen LogP contribution in [0.2, 0.25) is 0 Å². The Bertz CT molecular complexity index is 382. The van der Waals surface area contributed by atoms with Gasteiger partial charge in [0.05, 0.1) is 6.10 Å². The summed E-state index contributed by atoms with van der Waals surface area (Å²) in [7, 11) is 0. The fourth-order valence-electron chi connectivity index (χ4n) is 1.63. The molecule has 0 saturated carbocycles.